The predicted octanol–water partition coefficient (Wildman–Crippen LogP) is 3.13. The molecule has 0 bridgehead atoms. The molecule has 0 amide bonds. The molecule has 5 nitrogen and oxygen atoms in total. The minimum Gasteiger partial charge on any atom is -0.383 e. The Bertz CT molecular complexity index is 657. The zero-order valence-electron chi connectivity index (χ0n) is 11.4. The van der Waals surface area contributed by atoms with Crippen molar-refractivity contribution in [2.24, 2.45) is 0 Å². The van der Waals surface area contributed by atoms with Gasteiger partial charge in [0.1, 0.15) is 4.47 Å². The molecular formula is C13H15Br2N3O2S. The molecule has 1 N–H and O–H groups in total. The maximum atomic E-state index is 12.1. The summed E-state index contributed by atoms with van der Waals surface area (Å²) in [4.78, 5) is 13.4. The Morgan fingerprint density at radius 3 is 2.90 bits per heavy atom. The Balaban J connectivity index is 1.97. The Morgan fingerprint density at radius 1 is 1.43 bits per heavy atom. The third-order valence-electron chi connectivity index (χ3n) is 2.81. The summed E-state index contributed by atoms with van der Waals surface area (Å²) >= 11 is 8.49. The number of ether oxygens (including phenoxy) is 1. The Hall–Kier alpha value is -0.700. The predicted molar refractivity (Wildman–Crippen MR) is 92.3 cm³/mol. The highest BCUT2D eigenvalue weighted by molar-refractivity contribution is 9.11. The number of aromatic nitrogens is 2. The van der Waals surface area contributed by atoms with Gasteiger partial charge in [-0.05, 0) is 50.4 Å². The molecule has 0 aliphatic heterocycles. The lowest BCUT2D eigenvalue weighted by molar-refractivity contribution is 0.181. The van der Waals surface area contributed by atoms with Crippen LogP contribution < -0.4 is 10.9 Å². The molecule has 0 unspecified atom stereocenters. The molecule has 2 heterocycles. The lowest BCUT2D eigenvalue weighted by Gasteiger charge is -2.09. The van der Waals surface area contributed by atoms with Crippen molar-refractivity contribution in [2.75, 3.05) is 25.6 Å². The van der Waals surface area contributed by atoms with Gasteiger partial charge in [-0.25, -0.2) is 4.68 Å². The summed E-state index contributed by atoms with van der Waals surface area (Å²) in [5.41, 5.74) is 0.556. The van der Waals surface area contributed by atoms with Crippen LogP contribution in [-0.4, -0.2) is 30.0 Å². The number of nitrogens with one attached hydrogen (secondary N) is 1. The van der Waals surface area contributed by atoms with Crippen LogP contribution in [0.1, 0.15) is 4.88 Å². The Morgan fingerprint density at radius 2 is 2.24 bits per heavy atom. The first-order chi connectivity index (χ1) is 10.1. The molecule has 0 aliphatic carbocycles. The first-order valence-electron chi connectivity index (χ1n) is 6.34. The Kier molecular flexibility index (Phi) is 6.40. The number of hydrogen-bond acceptors (Lipinski definition) is 5. The number of halogens is 2. The number of methoxy groups -OCH3 is 1. The van der Waals surface area contributed by atoms with Crippen LogP contribution in [0.4, 0.5) is 5.69 Å². The molecule has 0 saturated heterocycles. The monoisotopic (exact) mass is 435 g/mol. The number of hydrogen-bond donors (Lipinski definition) is 1. The summed E-state index contributed by atoms with van der Waals surface area (Å²) in [6.07, 6.45) is 2.56. The van der Waals surface area contributed by atoms with Crippen LogP contribution in [0.5, 0.6) is 0 Å². The minimum absolute atomic E-state index is 0.157. The molecule has 0 aromatic carbocycles. The zero-order valence-corrected chi connectivity index (χ0v) is 15.4. The largest absolute Gasteiger partial charge is 0.383 e. The van der Waals surface area contributed by atoms with Gasteiger partial charge in [0.2, 0.25) is 0 Å². The Labute approximate surface area is 143 Å². The highest BCUT2D eigenvalue weighted by Crippen LogP contribution is 2.22. The van der Waals surface area contributed by atoms with Crippen LogP contribution in [0.3, 0.4) is 0 Å². The molecule has 2 aromatic rings. The quantitative estimate of drug-likeness (QED) is 0.724. The van der Waals surface area contributed by atoms with E-state index in [1.807, 2.05) is 6.07 Å². The van der Waals surface area contributed by atoms with Crippen molar-refractivity contribution in [3.05, 3.63) is 41.8 Å². The van der Waals surface area contributed by atoms with E-state index in [1.165, 1.54) is 9.56 Å². The lowest BCUT2D eigenvalue weighted by Crippen LogP contribution is -2.26. The first-order valence-corrected chi connectivity index (χ1v) is 8.74. The highest BCUT2D eigenvalue weighted by atomic mass is 79.9. The second-order valence-electron chi connectivity index (χ2n) is 4.28. The fourth-order valence-electron chi connectivity index (χ4n) is 1.73. The van der Waals surface area contributed by atoms with Crippen molar-refractivity contribution < 1.29 is 4.74 Å². The van der Waals surface area contributed by atoms with E-state index in [4.69, 9.17) is 4.74 Å². The number of thiophene rings is 1. The number of nitrogens with zero attached hydrogens (tertiary/aromatic N) is 2. The smallest absolute Gasteiger partial charge is 0.283 e. The van der Waals surface area contributed by atoms with Crippen LogP contribution in [0.2, 0.25) is 0 Å². The van der Waals surface area contributed by atoms with Crippen molar-refractivity contribution in [1.29, 1.82) is 0 Å². The molecule has 21 heavy (non-hydrogen) atoms. The van der Waals surface area contributed by atoms with Gasteiger partial charge < -0.3 is 10.1 Å². The highest BCUT2D eigenvalue weighted by Gasteiger charge is 2.08. The number of anilines is 1. The van der Waals surface area contributed by atoms with Crippen molar-refractivity contribution in [2.45, 2.75) is 13.0 Å². The van der Waals surface area contributed by atoms with E-state index in [2.05, 4.69) is 48.3 Å². The van der Waals surface area contributed by atoms with Gasteiger partial charge in [-0.1, -0.05) is 0 Å². The van der Waals surface area contributed by atoms with E-state index in [-0.39, 0.29) is 5.56 Å². The van der Waals surface area contributed by atoms with Gasteiger partial charge in [0, 0.05) is 18.5 Å². The SMILES string of the molecule is COCCn1ncc(NCCc2ccc(Br)s2)c(Br)c1=O. The van der Waals surface area contributed by atoms with Crippen molar-refractivity contribution in [3.63, 3.8) is 0 Å². The molecule has 0 atom stereocenters. The molecule has 0 spiro atoms. The van der Waals surface area contributed by atoms with Crippen molar-refractivity contribution in [1.82, 2.24) is 9.78 Å². The zero-order chi connectivity index (χ0) is 15.2. The normalized spacial score (nSPS) is 10.8. The van der Waals surface area contributed by atoms with Crippen LogP contribution in [-0.2, 0) is 17.7 Å². The second kappa shape index (κ2) is 8.07. The third kappa shape index (κ3) is 4.64. The van der Waals surface area contributed by atoms with E-state index >= 15 is 0 Å². The third-order valence-corrected chi connectivity index (χ3v) is 5.26. The molecule has 2 aromatic heterocycles. The molecule has 0 fully saturated rings. The van der Waals surface area contributed by atoms with Gasteiger partial charge in [-0.15, -0.1) is 11.3 Å². The second-order valence-corrected chi connectivity index (χ2v) is 7.62. The summed E-state index contributed by atoms with van der Waals surface area (Å²) in [7, 11) is 1.60. The van der Waals surface area contributed by atoms with Crippen LogP contribution in [0.25, 0.3) is 0 Å². The fraction of sp³-hybridized carbons (Fsp3) is 0.385. The molecule has 114 valence electrons. The fourth-order valence-corrected chi connectivity index (χ4v) is 3.66. The lowest BCUT2D eigenvalue weighted by atomic mass is 10.3. The minimum atomic E-state index is -0.157. The summed E-state index contributed by atoms with van der Waals surface area (Å²) in [6, 6.07) is 4.13. The molecule has 2 rings (SSSR count). The van der Waals surface area contributed by atoms with E-state index in [0.29, 0.717) is 23.3 Å². The van der Waals surface area contributed by atoms with Gasteiger partial charge in [0.15, 0.2) is 0 Å². The van der Waals surface area contributed by atoms with Gasteiger partial charge in [-0.2, -0.15) is 5.10 Å². The van der Waals surface area contributed by atoms with Gasteiger partial charge >= 0.3 is 0 Å². The molecular weight excluding hydrogens is 422 g/mol. The first kappa shape index (κ1) is 16.7. The van der Waals surface area contributed by atoms with Gasteiger partial charge in [0.25, 0.3) is 5.56 Å². The molecule has 8 heteroatoms. The van der Waals surface area contributed by atoms with E-state index in [0.717, 1.165) is 16.8 Å². The maximum absolute atomic E-state index is 12.1. The molecule has 0 aliphatic rings. The topological polar surface area (TPSA) is 56.1 Å². The summed E-state index contributed by atoms with van der Waals surface area (Å²) in [5, 5.41) is 7.37. The van der Waals surface area contributed by atoms with E-state index in [9.17, 15) is 4.79 Å². The molecule has 0 saturated carbocycles. The van der Waals surface area contributed by atoms with Crippen LogP contribution in [0.15, 0.2) is 31.4 Å². The average molecular weight is 437 g/mol. The summed E-state index contributed by atoms with van der Waals surface area (Å²) < 4.78 is 7.96. The molecule has 0 radical (unpaired) electrons. The van der Waals surface area contributed by atoms with Crippen LogP contribution in [0, 0.1) is 0 Å². The average Bonchev–Trinajstić information content (AvgIpc) is 2.88. The number of rotatable bonds is 7. The summed E-state index contributed by atoms with van der Waals surface area (Å²) in [5.74, 6) is 0. The van der Waals surface area contributed by atoms with Crippen molar-refractivity contribution in [3.8, 4) is 0 Å². The van der Waals surface area contributed by atoms with Crippen LogP contribution >= 0.6 is 43.2 Å². The van der Waals surface area contributed by atoms with E-state index < -0.39 is 0 Å². The van der Waals surface area contributed by atoms with E-state index in [1.54, 1.807) is 24.6 Å². The standard InChI is InChI=1S/C13H15Br2N3O2S/c1-20-7-6-18-13(19)12(15)10(8-17-18)16-5-4-9-2-3-11(14)21-9/h2-3,8,16H,4-7H2,1H3. The van der Waals surface area contributed by atoms with Gasteiger partial charge in [0.05, 0.1) is 28.8 Å². The summed E-state index contributed by atoms with van der Waals surface area (Å²) in [6.45, 7) is 1.64. The van der Waals surface area contributed by atoms with Gasteiger partial charge in [-0.3, -0.25) is 4.79 Å². The van der Waals surface area contributed by atoms with Crippen molar-refractivity contribution >= 4 is 48.9 Å². The maximum Gasteiger partial charge on any atom is 0.283 e.